The first-order valence-corrected chi connectivity index (χ1v) is 7.36. The van der Waals surface area contributed by atoms with Crippen molar-refractivity contribution in [2.75, 3.05) is 13.7 Å². The lowest BCUT2D eigenvalue weighted by Crippen LogP contribution is -2.30. The molecule has 23 heavy (non-hydrogen) atoms. The average Bonchev–Trinajstić information content (AvgIpc) is 2.53. The molecule has 0 amide bonds. The Morgan fingerprint density at radius 3 is 2.65 bits per heavy atom. The van der Waals surface area contributed by atoms with E-state index in [1.54, 1.807) is 6.08 Å². The van der Waals surface area contributed by atoms with Gasteiger partial charge in [0.25, 0.3) is 0 Å². The van der Waals surface area contributed by atoms with Crippen molar-refractivity contribution in [1.29, 1.82) is 0 Å². The van der Waals surface area contributed by atoms with Crippen molar-refractivity contribution in [1.82, 2.24) is 0 Å². The van der Waals surface area contributed by atoms with E-state index in [9.17, 15) is 20.1 Å². The molecule has 0 saturated heterocycles. The largest absolute Gasteiger partial charge is 0.507 e. The molecule has 122 valence electrons. The van der Waals surface area contributed by atoms with E-state index >= 15 is 0 Å². The van der Waals surface area contributed by atoms with Gasteiger partial charge in [-0.1, -0.05) is 0 Å². The summed E-state index contributed by atoms with van der Waals surface area (Å²) in [5, 5.41) is 29.3. The van der Waals surface area contributed by atoms with Crippen molar-refractivity contribution in [3.63, 3.8) is 0 Å². The monoisotopic (exact) mass is 318 g/mol. The zero-order valence-electron chi connectivity index (χ0n) is 12.7. The molecular weight excluding hydrogens is 300 g/mol. The van der Waals surface area contributed by atoms with E-state index in [1.165, 1.54) is 19.3 Å². The highest BCUT2D eigenvalue weighted by atomic mass is 16.5. The van der Waals surface area contributed by atoms with Gasteiger partial charge >= 0.3 is 0 Å². The first-order valence-electron chi connectivity index (χ1n) is 7.36. The van der Waals surface area contributed by atoms with Gasteiger partial charge in [-0.15, -0.1) is 0 Å². The molecule has 0 bridgehead atoms. The molecule has 1 unspecified atom stereocenters. The van der Waals surface area contributed by atoms with Crippen LogP contribution in [0.1, 0.15) is 19.3 Å². The van der Waals surface area contributed by atoms with Crippen LogP contribution >= 0.6 is 0 Å². The smallest absolute Gasteiger partial charge is 0.189 e. The third-order valence-electron chi connectivity index (χ3n) is 4.17. The van der Waals surface area contributed by atoms with Gasteiger partial charge in [-0.2, -0.15) is 0 Å². The molecule has 0 aromatic heterocycles. The maximum atomic E-state index is 12.0. The highest BCUT2D eigenvalue weighted by molar-refractivity contribution is 6.07. The van der Waals surface area contributed by atoms with Gasteiger partial charge in [0.2, 0.25) is 0 Å². The van der Waals surface area contributed by atoms with Crippen molar-refractivity contribution in [2.24, 2.45) is 0 Å². The first kappa shape index (κ1) is 15.4. The van der Waals surface area contributed by atoms with Gasteiger partial charge in [0.15, 0.2) is 11.5 Å². The van der Waals surface area contributed by atoms with Gasteiger partial charge in [-0.25, -0.2) is 0 Å². The number of carbonyl (C=O) groups excluding carboxylic acids is 1. The van der Waals surface area contributed by atoms with E-state index in [4.69, 9.17) is 9.47 Å². The van der Waals surface area contributed by atoms with Crippen LogP contribution in [0.4, 0.5) is 0 Å². The summed E-state index contributed by atoms with van der Waals surface area (Å²) in [7, 11) is 1.50. The second-order valence-electron chi connectivity index (χ2n) is 5.63. The van der Waals surface area contributed by atoms with E-state index in [-0.39, 0.29) is 29.5 Å². The number of aliphatic hydroxyl groups is 3. The summed E-state index contributed by atoms with van der Waals surface area (Å²) < 4.78 is 10.9. The van der Waals surface area contributed by atoms with Gasteiger partial charge < -0.3 is 24.8 Å². The Bertz CT molecular complexity index is 705. The van der Waals surface area contributed by atoms with E-state index in [0.29, 0.717) is 36.4 Å². The number of carbonyl (C=O) groups is 1. The van der Waals surface area contributed by atoms with Crippen LogP contribution in [-0.4, -0.2) is 40.9 Å². The third kappa shape index (κ3) is 2.77. The molecular formula is C17H18O6. The zero-order valence-corrected chi connectivity index (χ0v) is 12.7. The minimum absolute atomic E-state index is 0.0307. The lowest BCUT2D eigenvalue weighted by Gasteiger charge is -2.31. The van der Waals surface area contributed by atoms with Gasteiger partial charge in [0.05, 0.1) is 19.3 Å². The fraction of sp³-hybridized carbons (Fsp3) is 0.353. The SMILES string of the molecule is COC1=C(O)C=C(C2=CC(O)=C3C(=O)C=C(CO)CC3O2)CC1. The van der Waals surface area contributed by atoms with Crippen LogP contribution in [0.3, 0.4) is 0 Å². The molecule has 1 atom stereocenters. The molecule has 1 heterocycles. The Kier molecular flexibility index (Phi) is 4.00. The number of ketones is 1. The zero-order chi connectivity index (χ0) is 16.6. The molecule has 2 aliphatic carbocycles. The van der Waals surface area contributed by atoms with Crippen LogP contribution < -0.4 is 0 Å². The number of allylic oxidation sites excluding steroid dienone is 5. The first-order chi connectivity index (χ1) is 11.0. The summed E-state index contributed by atoms with van der Waals surface area (Å²) in [6, 6.07) is 0. The number of aliphatic hydroxyl groups excluding tert-OH is 3. The molecule has 6 heteroatoms. The maximum Gasteiger partial charge on any atom is 0.189 e. The molecule has 1 aliphatic heterocycles. The van der Waals surface area contributed by atoms with Crippen LogP contribution in [0.5, 0.6) is 0 Å². The molecule has 0 saturated carbocycles. The van der Waals surface area contributed by atoms with Crippen molar-refractivity contribution in [3.8, 4) is 0 Å². The number of ether oxygens (including phenoxy) is 2. The van der Waals surface area contributed by atoms with Crippen molar-refractivity contribution in [2.45, 2.75) is 25.4 Å². The minimum atomic E-state index is -0.620. The number of hydrogen-bond donors (Lipinski definition) is 3. The number of methoxy groups -OCH3 is 1. The molecule has 3 N–H and O–H groups in total. The summed E-state index contributed by atoms with van der Waals surface area (Å²) in [5.74, 6) is 0.480. The maximum absolute atomic E-state index is 12.0. The highest BCUT2D eigenvalue weighted by Crippen LogP contribution is 2.36. The van der Waals surface area contributed by atoms with E-state index < -0.39 is 6.10 Å². The van der Waals surface area contributed by atoms with Crippen molar-refractivity contribution in [3.05, 3.63) is 58.0 Å². The van der Waals surface area contributed by atoms with Gasteiger partial charge in [0.1, 0.15) is 23.4 Å². The van der Waals surface area contributed by atoms with Crippen molar-refractivity contribution >= 4 is 5.78 Å². The van der Waals surface area contributed by atoms with Crippen LogP contribution in [-0.2, 0) is 14.3 Å². The Morgan fingerprint density at radius 2 is 2.00 bits per heavy atom. The molecule has 0 fully saturated rings. The topological polar surface area (TPSA) is 96.2 Å². The Hall–Kier alpha value is -2.47. The van der Waals surface area contributed by atoms with Crippen LogP contribution in [0, 0.1) is 0 Å². The van der Waals surface area contributed by atoms with E-state index in [1.807, 2.05) is 0 Å². The van der Waals surface area contributed by atoms with Gasteiger partial charge in [-0.3, -0.25) is 4.79 Å². The Labute approximate surface area is 133 Å². The second kappa shape index (κ2) is 5.96. The molecule has 0 radical (unpaired) electrons. The molecule has 0 aromatic rings. The Morgan fingerprint density at radius 1 is 1.22 bits per heavy atom. The fourth-order valence-electron chi connectivity index (χ4n) is 2.98. The van der Waals surface area contributed by atoms with Gasteiger partial charge in [0, 0.05) is 18.9 Å². The van der Waals surface area contributed by atoms with E-state index in [2.05, 4.69) is 0 Å². The summed E-state index contributed by atoms with van der Waals surface area (Å²) in [6.45, 7) is -0.220. The third-order valence-corrected chi connectivity index (χ3v) is 4.17. The average molecular weight is 318 g/mol. The lowest BCUT2D eigenvalue weighted by molar-refractivity contribution is -0.113. The van der Waals surface area contributed by atoms with Crippen molar-refractivity contribution < 1.29 is 29.6 Å². The number of fused-ring (bicyclic) bond motifs is 1. The molecule has 3 aliphatic rings. The molecule has 3 rings (SSSR count). The van der Waals surface area contributed by atoms with E-state index in [0.717, 1.165) is 5.57 Å². The predicted octanol–water partition coefficient (Wildman–Crippen LogP) is 2.11. The van der Waals surface area contributed by atoms with Crippen LogP contribution in [0.2, 0.25) is 0 Å². The lowest BCUT2D eigenvalue weighted by atomic mass is 9.88. The summed E-state index contributed by atoms with van der Waals surface area (Å²) in [6.07, 6.45) is 5.12. The molecule has 0 aromatic carbocycles. The molecule has 6 nitrogen and oxygen atoms in total. The minimum Gasteiger partial charge on any atom is -0.507 e. The predicted molar refractivity (Wildman–Crippen MR) is 81.4 cm³/mol. The molecule has 0 spiro atoms. The van der Waals surface area contributed by atoms with Gasteiger partial charge in [-0.05, 0) is 29.7 Å². The number of rotatable bonds is 3. The normalized spacial score (nSPS) is 24.5. The summed E-state index contributed by atoms with van der Waals surface area (Å²) in [4.78, 5) is 12.0. The van der Waals surface area contributed by atoms with Crippen LogP contribution in [0.15, 0.2) is 58.0 Å². The highest BCUT2D eigenvalue weighted by Gasteiger charge is 2.34. The quantitative estimate of drug-likeness (QED) is 0.737. The summed E-state index contributed by atoms with van der Waals surface area (Å²) >= 11 is 0. The summed E-state index contributed by atoms with van der Waals surface area (Å²) in [5.41, 5.74) is 1.50. The fourth-order valence-corrected chi connectivity index (χ4v) is 2.98. The number of hydrogen-bond acceptors (Lipinski definition) is 6. The standard InChI is InChI=1S/C17H18O6/c1-22-14-3-2-10(6-11(14)19)15-7-13(21)17-12(20)4-9(8-18)5-16(17)23-15/h4,6-7,16,18-19,21H,2-3,5,8H2,1H3. The second-order valence-corrected chi connectivity index (χ2v) is 5.63. The van der Waals surface area contributed by atoms with Crippen LogP contribution in [0.25, 0.3) is 0 Å². The Balaban J connectivity index is 1.93.